The van der Waals surface area contributed by atoms with Crippen LogP contribution < -0.4 is 10.2 Å². The van der Waals surface area contributed by atoms with Crippen molar-refractivity contribution < 1.29 is 14.7 Å². The van der Waals surface area contributed by atoms with Gasteiger partial charge in [0.25, 0.3) is 0 Å². The number of anilines is 1. The molecule has 0 spiro atoms. The van der Waals surface area contributed by atoms with Gasteiger partial charge in [-0.15, -0.1) is 0 Å². The van der Waals surface area contributed by atoms with E-state index in [1.165, 1.54) is 0 Å². The fourth-order valence-corrected chi connectivity index (χ4v) is 3.86. The standard InChI is InChI=1S/C21H22ClN5O3/c22-16-6-4-15(5-7-16)13-17(24-21(29)30)20(28)26-11-9-25(10-12-26)19-14-23-18-3-1-2-8-27(18)19/h1-8,14,17,24H,9-13H2,(H,29,30)/t17-/m1/s1. The fraction of sp³-hybridized carbons (Fsp3) is 0.286. The lowest BCUT2D eigenvalue weighted by atomic mass is 10.0. The monoisotopic (exact) mass is 427 g/mol. The number of fused-ring (bicyclic) bond motifs is 1. The smallest absolute Gasteiger partial charge is 0.405 e. The van der Waals surface area contributed by atoms with Gasteiger partial charge in [0.05, 0.1) is 6.20 Å². The van der Waals surface area contributed by atoms with Gasteiger partial charge in [-0.1, -0.05) is 29.8 Å². The van der Waals surface area contributed by atoms with Crippen molar-refractivity contribution in [2.45, 2.75) is 12.5 Å². The summed E-state index contributed by atoms with van der Waals surface area (Å²) in [5.41, 5.74) is 1.72. The van der Waals surface area contributed by atoms with Crippen molar-refractivity contribution in [3.63, 3.8) is 0 Å². The summed E-state index contributed by atoms with van der Waals surface area (Å²) in [4.78, 5) is 32.6. The number of piperazine rings is 1. The summed E-state index contributed by atoms with van der Waals surface area (Å²) in [7, 11) is 0. The lowest BCUT2D eigenvalue weighted by molar-refractivity contribution is -0.133. The number of benzene rings is 1. The Morgan fingerprint density at radius 1 is 1.10 bits per heavy atom. The Morgan fingerprint density at radius 2 is 1.83 bits per heavy atom. The maximum absolute atomic E-state index is 13.0. The molecular formula is C21H22ClN5O3. The van der Waals surface area contributed by atoms with Gasteiger partial charge in [0.1, 0.15) is 17.5 Å². The lowest BCUT2D eigenvalue weighted by Gasteiger charge is -2.37. The summed E-state index contributed by atoms with van der Waals surface area (Å²) in [5, 5.41) is 12.2. The number of carboxylic acid groups (broad SMARTS) is 1. The largest absolute Gasteiger partial charge is 0.465 e. The number of hydrogen-bond acceptors (Lipinski definition) is 4. The van der Waals surface area contributed by atoms with E-state index in [2.05, 4.69) is 15.2 Å². The first-order valence-corrected chi connectivity index (χ1v) is 10.1. The molecule has 1 aliphatic heterocycles. The third-order valence-corrected chi connectivity index (χ3v) is 5.51. The summed E-state index contributed by atoms with van der Waals surface area (Å²) in [6.45, 7) is 2.32. The Balaban J connectivity index is 1.43. The highest BCUT2D eigenvalue weighted by Gasteiger charge is 2.29. The number of aromatic nitrogens is 2. The summed E-state index contributed by atoms with van der Waals surface area (Å²) in [6.07, 6.45) is 2.86. The predicted octanol–water partition coefficient (Wildman–Crippen LogP) is 2.52. The first kappa shape index (κ1) is 20.0. The molecule has 1 saturated heterocycles. The van der Waals surface area contributed by atoms with E-state index in [1.807, 2.05) is 35.0 Å². The number of rotatable bonds is 5. The maximum atomic E-state index is 13.0. The number of halogens is 1. The van der Waals surface area contributed by atoms with Crippen molar-refractivity contribution in [1.82, 2.24) is 19.6 Å². The van der Waals surface area contributed by atoms with E-state index in [9.17, 15) is 14.7 Å². The highest BCUT2D eigenvalue weighted by Crippen LogP contribution is 2.19. The third kappa shape index (κ3) is 4.33. The van der Waals surface area contributed by atoms with E-state index in [0.717, 1.165) is 17.0 Å². The number of nitrogens with one attached hydrogen (secondary N) is 1. The van der Waals surface area contributed by atoms with E-state index in [0.29, 0.717) is 31.2 Å². The summed E-state index contributed by atoms with van der Waals surface area (Å²) in [6, 6.07) is 12.1. The maximum Gasteiger partial charge on any atom is 0.405 e. The van der Waals surface area contributed by atoms with Crippen LogP contribution in [0.3, 0.4) is 0 Å². The minimum absolute atomic E-state index is 0.217. The second-order valence-electron chi connectivity index (χ2n) is 7.19. The van der Waals surface area contributed by atoms with Crippen LogP contribution in [-0.4, -0.2) is 63.6 Å². The van der Waals surface area contributed by atoms with Gasteiger partial charge in [-0.05, 0) is 29.8 Å². The minimum Gasteiger partial charge on any atom is -0.465 e. The summed E-state index contributed by atoms with van der Waals surface area (Å²) in [5.74, 6) is 0.768. The molecule has 9 heteroatoms. The number of pyridine rings is 1. The number of carbonyl (C=O) groups excluding carboxylic acids is 1. The Morgan fingerprint density at radius 3 is 2.53 bits per heavy atom. The molecule has 0 bridgehead atoms. The number of hydrogen-bond donors (Lipinski definition) is 2. The number of imidazole rings is 1. The van der Waals surface area contributed by atoms with Crippen LogP contribution in [-0.2, 0) is 11.2 Å². The van der Waals surface area contributed by atoms with E-state index >= 15 is 0 Å². The molecule has 3 heterocycles. The van der Waals surface area contributed by atoms with Crippen LogP contribution in [0.15, 0.2) is 54.9 Å². The Labute approximate surface area is 178 Å². The van der Waals surface area contributed by atoms with Gasteiger partial charge in [-0.3, -0.25) is 9.20 Å². The van der Waals surface area contributed by atoms with Gasteiger partial charge in [0.15, 0.2) is 0 Å². The van der Waals surface area contributed by atoms with Crippen LogP contribution in [0.5, 0.6) is 0 Å². The van der Waals surface area contributed by atoms with Gasteiger partial charge in [0, 0.05) is 43.8 Å². The first-order chi connectivity index (χ1) is 14.5. The molecule has 2 N–H and O–H groups in total. The van der Waals surface area contributed by atoms with Crippen molar-refractivity contribution in [2.75, 3.05) is 31.1 Å². The SMILES string of the molecule is O=C(O)N[C@H](Cc1ccc(Cl)cc1)C(=O)N1CCN(c2cnc3ccccn23)CC1. The second kappa shape index (κ2) is 8.62. The molecule has 3 aromatic rings. The van der Waals surface area contributed by atoms with Crippen molar-refractivity contribution in [1.29, 1.82) is 0 Å². The Hall–Kier alpha value is -3.26. The molecule has 0 radical (unpaired) electrons. The molecule has 2 aromatic heterocycles. The molecule has 0 unspecified atom stereocenters. The van der Waals surface area contributed by atoms with Crippen LogP contribution in [0.4, 0.5) is 10.6 Å². The number of amides is 2. The van der Waals surface area contributed by atoms with Gasteiger partial charge >= 0.3 is 6.09 Å². The normalized spacial score (nSPS) is 15.2. The second-order valence-corrected chi connectivity index (χ2v) is 7.63. The molecule has 2 amide bonds. The number of nitrogens with zero attached hydrogens (tertiary/aromatic N) is 4. The molecule has 4 rings (SSSR count). The lowest BCUT2D eigenvalue weighted by Crippen LogP contribution is -2.55. The summed E-state index contributed by atoms with van der Waals surface area (Å²) < 4.78 is 2.02. The van der Waals surface area contributed by atoms with Gasteiger partial charge < -0.3 is 20.2 Å². The van der Waals surface area contributed by atoms with E-state index in [1.54, 1.807) is 29.2 Å². The molecule has 1 aliphatic rings. The average molecular weight is 428 g/mol. The van der Waals surface area contributed by atoms with Crippen molar-refractivity contribution in [3.05, 3.63) is 65.4 Å². The topological polar surface area (TPSA) is 90.2 Å². The molecule has 0 saturated carbocycles. The number of carbonyl (C=O) groups is 2. The molecular weight excluding hydrogens is 406 g/mol. The van der Waals surface area contributed by atoms with Gasteiger partial charge in [0.2, 0.25) is 5.91 Å². The van der Waals surface area contributed by atoms with Crippen LogP contribution in [0, 0.1) is 0 Å². The van der Waals surface area contributed by atoms with E-state index < -0.39 is 12.1 Å². The minimum atomic E-state index is -1.22. The van der Waals surface area contributed by atoms with Gasteiger partial charge in [-0.25, -0.2) is 9.78 Å². The highest BCUT2D eigenvalue weighted by molar-refractivity contribution is 6.30. The van der Waals surface area contributed by atoms with Crippen LogP contribution in [0.1, 0.15) is 5.56 Å². The van der Waals surface area contributed by atoms with Crippen molar-refractivity contribution >= 4 is 35.1 Å². The Bertz CT molecular complexity index is 1040. The fourth-order valence-electron chi connectivity index (χ4n) is 3.73. The molecule has 156 valence electrons. The van der Waals surface area contributed by atoms with Crippen LogP contribution >= 0.6 is 11.6 Å². The zero-order valence-electron chi connectivity index (χ0n) is 16.2. The molecule has 8 nitrogen and oxygen atoms in total. The first-order valence-electron chi connectivity index (χ1n) is 9.71. The van der Waals surface area contributed by atoms with Crippen molar-refractivity contribution in [3.8, 4) is 0 Å². The zero-order valence-corrected chi connectivity index (χ0v) is 17.0. The zero-order chi connectivity index (χ0) is 21.1. The van der Waals surface area contributed by atoms with E-state index in [4.69, 9.17) is 11.6 Å². The Kier molecular flexibility index (Phi) is 5.76. The third-order valence-electron chi connectivity index (χ3n) is 5.26. The quantitative estimate of drug-likeness (QED) is 0.653. The van der Waals surface area contributed by atoms with Crippen LogP contribution in [0.25, 0.3) is 5.65 Å². The van der Waals surface area contributed by atoms with E-state index in [-0.39, 0.29) is 12.3 Å². The van der Waals surface area contributed by atoms with Crippen LogP contribution in [0.2, 0.25) is 5.02 Å². The molecule has 0 aliphatic carbocycles. The average Bonchev–Trinajstić information content (AvgIpc) is 3.18. The molecule has 1 aromatic carbocycles. The highest BCUT2D eigenvalue weighted by atomic mass is 35.5. The molecule has 1 atom stereocenters. The summed E-state index contributed by atoms with van der Waals surface area (Å²) >= 11 is 5.91. The van der Waals surface area contributed by atoms with Crippen molar-refractivity contribution in [2.24, 2.45) is 0 Å². The molecule has 1 fully saturated rings. The van der Waals surface area contributed by atoms with Gasteiger partial charge in [-0.2, -0.15) is 0 Å². The predicted molar refractivity (Wildman–Crippen MR) is 114 cm³/mol. The molecule has 30 heavy (non-hydrogen) atoms.